The van der Waals surface area contributed by atoms with Crippen LogP contribution in [-0.2, 0) is 12.8 Å². The molecule has 1 aromatic heterocycles. The van der Waals surface area contributed by atoms with Gasteiger partial charge in [-0.05, 0) is 32.4 Å². The fraction of sp³-hybridized carbons (Fsp3) is 0.727. The van der Waals surface area contributed by atoms with Crippen LogP contribution < -0.4 is 5.32 Å². The van der Waals surface area contributed by atoms with E-state index in [1.807, 2.05) is 0 Å². The number of aliphatic hydroxyl groups is 1. The predicted octanol–water partition coefficient (Wildman–Crippen LogP) is 1.22. The van der Waals surface area contributed by atoms with E-state index in [-0.39, 0.29) is 6.10 Å². The van der Waals surface area contributed by atoms with Crippen molar-refractivity contribution in [2.45, 2.75) is 32.3 Å². The van der Waals surface area contributed by atoms with Crippen LogP contribution in [0.5, 0.6) is 0 Å². The van der Waals surface area contributed by atoms with E-state index in [4.69, 9.17) is 0 Å². The van der Waals surface area contributed by atoms with Gasteiger partial charge in [-0.3, -0.25) is 0 Å². The van der Waals surface area contributed by atoms with Crippen molar-refractivity contribution in [3.8, 4) is 0 Å². The third-order valence-corrected chi connectivity index (χ3v) is 3.65. The Balaban J connectivity index is 1.88. The van der Waals surface area contributed by atoms with Crippen molar-refractivity contribution in [1.29, 1.82) is 0 Å². The first-order valence-electron chi connectivity index (χ1n) is 5.56. The lowest BCUT2D eigenvalue weighted by Crippen LogP contribution is -2.10. The molecular formula is C11H18N2OS. The van der Waals surface area contributed by atoms with Crippen LogP contribution in [-0.4, -0.2) is 29.3 Å². The average molecular weight is 226 g/mol. The van der Waals surface area contributed by atoms with Gasteiger partial charge in [-0.25, -0.2) is 4.98 Å². The van der Waals surface area contributed by atoms with Crippen LogP contribution in [0.3, 0.4) is 0 Å². The smallest absolute Gasteiger partial charge is 0.0931 e. The number of nitrogens with one attached hydrogen (secondary N) is 1. The molecule has 2 atom stereocenters. The van der Waals surface area contributed by atoms with E-state index in [1.54, 1.807) is 18.3 Å². The number of aromatic nitrogens is 1. The fourth-order valence-electron chi connectivity index (χ4n) is 1.97. The second-order valence-corrected chi connectivity index (χ2v) is 5.29. The third kappa shape index (κ3) is 3.26. The first-order valence-corrected chi connectivity index (χ1v) is 6.44. The van der Waals surface area contributed by atoms with Gasteiger partial charge in [0.2, 0.25) is 0 Å². The third-order valence-electron chi connectivity index (χ3n) is 2.73. The van der Waals surface area contributed by atoms with Gasteiger partial charge in [0, 0.05) is 18.2 Å². The summed E-state index contributed by atoms with van der Waals surface area (Å²) in [6.07, 6.45) is 2.76. The highest BCUT2D eigenvalue weighted by atomic mass is 32.1. The number of hydrogen-bond donors (Lipinski definition) is 2. The molecule has 1 aromatic rings. The summed E-state index contributed by atoms with van der Waals surface area (Å²) in [7, 11) is 0. The molecule has 0 amide bonds. The lowest BCUT2D eigenvalue weighted by molar-refractivity contribution is 0.194. The van der Waals surface area contributed by atoms with Crippen molar-refractivity contribution in [2.24, 2.45) is 5.92 Å². The zero-order valence-electron chi connectivity index (χ0n) is 9.07. The maximum atomic E-state index is 9.25. The lowest BCUT2D eigenvalue weighted by atomic mass is 10.1. The van der Waals surface area contributed by atoms with Crippen molar-refractivity contribution >= 4 is 11.3 Å². The molecule has 0 aliphatic carbocycles. The van der Waals surface area contributed by atoms with Crippen LogP contribution in [0.15, 0.2) is 5.38 Å². The Morgan fingerprint density at radius 3 is 3.27 bits per heavy atom. The van der Waals surface area contributed by atoms with Gasteiger partial charge in [-0.1, -0.05) is 0 Å². The zero-order chi connectivity index (χ0) is 10.7. The maximum absolute atomic E-state index is 9.25. The van der Waals surface area contributed by atoms with Gasteiger partial charge in [0.15, 0.2) is 0 Å². The van der Waals surface area contributed by atoms with Crippen LogP contribution in [0.1, 0.15) is 24.0 Å². The number of aliphatic hydroxyl groups excluding tert-OH is 1. The Morgan fingerprint density at radius 1 is 1.73 bits per heavy atom. The molecule has 2 rings (SSSR count). The highest BCUT2D eigenvalue weighted by Gasteiger charge is 2.16. The van der Waals surface area contributed by atoms with Crippen molar-refractivity contribution < 1.29 is 5.11 Å². The summed E-state index contributed by atoms with van der Waals surface area (Å²) < 4.78 is 0. The SMILES string of the molecule is CC(O)Cc1csc(CC2CCNC2)n1. The highest BCUT2D eigenvalue weighted by Crippen LogP contribution is 2.19. The Labute approximate surface area is 94.5 Å². The van der Waals surface area contributed by atoms with Crippen LogP contribution in [0.2, 0.25) is 0 Å². The van der Waals surface area contributed by atoms with Crippen molar-refractivity contribution in [2.75, 3.05) is 13.1 Å². The van der Waals surface area contributed by atoms with Gasteiger partial charge in [-0.15, -0.1) is 11.3 Å². The Hall–Kier alpha value is -0.450. The molecule has 0 saturated carbocycles. The Morgan fingerprint density at radius 2 is 2.60 bits per heavy atom. The molecule has 1 fully saturated rings. The van der Waals surface area contributed by atoms with Crippen molar-refractivity contribution in [3.63, 3.8) is 0 Å². The molecule has 0 spiro atoms. The number of nitrogens with zero attached hydrogens (tertiary/aromatic N) is 1. The summed E-state index contributed by atoms with van der Waals surface area (Å²) in [6, 6.07) is 0. The maximum Gasteiger partial charge on any atom is 0.0931 e. The quantitative estimate of drug-likeness (QED) is 0.811. The molecule has 84 valence electrons. The second-order valence-electron chi connectivity index (χ2n) is 4.35. The first-order chi connectivity index (χ1) is 7.24. The minimum atomic E-state index is -0.284. The molecule has 4 heteroatoms. The monoisotopic (exact) mass is 226 g/mol. The van der Waals surface area contributed by atoms with E-state index in [0.717, 1.165) is 31.1 Å². The Kier molecular flexibility index (Phi) is 3.72. The molecule has 0 radical (unpaired) electrons. The van der Waals surface area contributed by atoms with E-state index in [1.165, 1.54) is 11.4 Å². The van der Waals surface area contributed by atoms with Crippen molar-refractivity contribution in [3.05, 3.63) is 16.1 Å². The fourth-order valence-corrected chi connectivity index (χ4v) is 2.90. The minimum Gasteiger partial charge on any atom is -0.393 e. The standard InChI is InChI=1S/C11H18N2OS/c1-8(14)4-10-7-15-11(13-10)5-9-2-3-12-6-9/h7-9,12,14H,2-6H2,1H3. The summed E-state index contributed by atoms with van der Waals surface area (Å²) in [5, 5.41) is 15.9. The molecule has 1 aliphatic heterocycles. The first kappa shape index (κ1) is 11.0. The Bertz CT molecular complexity index is 305. The molecule has 3 nitrogen and oxygen atoms in total. The average Bonchev–Trinajstić information content (AvgIpc) is 2.77. The molecule has 0 bridgehead atoms. The van der Waals surface area contributed by atoms with Crippen molar-refractivity contribution in [1.82, 2.24) is 10.3 Å². The molecule has 2 unspecified atom stereocenters. The lowest BCUT2D eigenvalue weighted by Gasteiger charge is -2.04. The zero-order valence-corrected chi connectivity index (χ0v) is 9.89. The topological polar surface area (TPSA) is 45.1 Å². The van der Waals surface area contributed by atoms with E-state index in [2.05, 4.69) is 15.7 Å². The van der Waals surface area contributed by atoms with E-state index in [9.17, 15) is 5.11 Å². The van der Waals surface area contributed by atoms with Gasteiger partial charge in [0.1, 0.15) is 0 Å². The second kappa shape index (κ2) is 5.05. The number of thiazole rings is 1. The largest absolute Gasteiger partial charge is 0.393 e. The van der Waals surface area contributed by atoms with Gasteiger partial charge in [-0.2, -0.15) is 0 Å². The molecular weight excluding hydrogens is 208 g/mol. The van der Waals surface area contributed by atoms with Gasteiger partial charge < -0.3 is 10.4 Å². The predicted molar refractivity (Wildman–Crippen MR) is 62.2 cm³/mol. The molecule has 1 saturated heterocycles. The van der Waals surface area contributed by atoms with Gasteiger partial charge >= 0.3 is 0 Å². The molecule has 15 heavy (non-hydrogen) atoms. The van der Waals surface area contributed by atoms with Gasteiger partial charge in [0.05, 0.1) is 16.8 Å². The summed E-state index contributed by atoms with van der Waals surface area (Å²) in [5.74, 6) is 0.760. The summed E-state index contributed by atoms with van der Waals surface area (Å²) in [5.41, 5.74) is 1.04. The summed E-state index contributed by atoms with van der Waals surface area (Å²) in [4.78, 5) is 4.54. The molecule has 2 heterocycles. The van der Waals surface area contributed by atoms with Crippen LogP contribution in [0, 0.1) is 5.92 Å². The number of rotatable bonds is 4. The van der Waals surface area contributed by atoms with Crippen LogP contribution >= 0.6 is 11.3 Å². The number of hydrogen-bond acceptors (Lipinski definition) is 4. The van der Waals surface area contributed by atoms with Crippen LogP contribution in [0.25, 0.3) is 0 Å². The molecule has 1 aliphatic rings. The van der Waals surface area contributed by atoms with E-state index in [0.29, 0.717) is 6.42 Å². The van der Waals surface area contributed by atoms with Gasteiger partial charge in [0.25, 0.3) is 0 Å². The van der Waals surface area contributed by atoms with Crippen LogP contribution in [0.4, 0.5) is 0 Å². The molecule has 2 N–H and O–H groups in total. The van der Waals surface area contributed by atoms with E-state index >= 15 is 0 Å². The van der Waals surface area contributed by atoms with E-state index < -0.39 is 0 Å². The summed E-state index contributed by atoms with van der Waals surface area (Å²) in [6.45, 7) is 4.09. The summed E-state index contributed by atoms with van der Waals surface area (Å²) >= 11 is 1.73. The minimum absolute atomic E-state index is 0.284. The normalized spacial score (nSPS) is 23.2. The molecule has 0 aromatic carbocycles. The highest BCUT2D eigenvalue weighted by molar-refractivity contribution is 7.09.